The molecule has 1 saturated heterocycles. The Labute approximate surface area is 189 Å². The third kappa shape index (κ3) is 4.44. The van der Waals surface area contributed by atoms with E-state index in [9.17, 15) is 8.42 Å². The van der Waals surface area contributed by atoms with Crippen LogP contribution in [0.5, 0.6) is 5.75 Å². The molecular weight excluding hydrogens is 426 g/mol. The summed E-state index contributed by atoms with van der Waals surface area (Å²) in [7, 11) is -1.86. The Morgan fingerprint density at radius 1 is 1.00 bits per heavy atom. The summed E-state index contributed by atoms with van der Waals surface area (Å²) >= 11 is 0. The molecule has 4 rings (SSSR count). The number of nitrogens with zero attached hydrogens (tertiary/aromatic N) is 3. The van der Waals surface area contributed by atoms with E-state index in [2.05, 4.69) is 4.90 Å². The minimum atomic E-state index is -3.49. The van der Waals surface area contributed by atoms with Crippen LogP contribution in [0.4, 0.5) is 0 Å². The molecule has 3 aromatic rings. The van der Waals surface area contributed by atoms with Crippen molar-refractivity contribution in [3.8, 4) is 17.2 Å². The van der Waals surface area contributed by atoms with Gasteiger partial charge in [0, 0.05) is 32.7 Å². The van der Waals surface area contributed by atoms with Crippen molar-refractivity contribution in [2.45, 2.75) is 32.2 Å². The fraction of sp³-hybridized carbons (Fsp3) is 0.375. The lowest BCUT2D eigenvalue weighted by molar-refractivity contribution is 0.179. The Hall–Kier alpha value is -2.68. The predicted octanol–water partition coefficient (Wildman–Crippen LogP) is 3.78. The second kappa shape index (κ2) is 9.05. The quantitative estimate of drug-likeness (QED) is 0.563. The van der Waals surface area contributed by atoms with Gasteiger partial charge in [-0.25, -0.2) is 13.4 Å². The standard InChI is InChI=1S/C24H29N3O4S/c1-17-9-10-20(15-18(17)2)32(28,29)27-13-11-26(12-14-27)16-22-19(3)31-24(25-22)21-7-5-6-8-23(21)30-4/h5-10,15H,11-14,16H2,1-4H3. The van der Waals surface area contributed by atoms with Gasteiger partial charge in [0.1, 0.15) is 11.5 Å². The molecule has 1 fully saturated rings. The third-order valence-corrected chi connectivity index (χ3v) is 7.95. The third-order valence-electron chi connectivity index (χ3n) is 6.05. The molecule has 0 radical (unpaired) electrons. The molecule has 1 aromatic heterocycles. The summed E-state index contributed by atoms with van der Waals surface area (Å²) in [5.74, 6) is 2.01. The molecule has 0 saturated carbocycles. The lowest BCUT2D eigenvalue weighted by Crippen LogP contribution is -2.48. The van der Waals surface area contributed by atoms with Crippen molar-refractivity contribution in [2.75, 3.05) is 33.3 Å². The Balaban J connectivity index is 1.43. The highest BCUT2D eigenvalue weighted by Crippen LogP contribution is 2.30. The van der Waals surface area contributed by atoms with E-state index >= 15 is 0 Å². The van der Waals surface area contributed by atoms with E-state index in [1.165, 1.54) is 0 Å². The summed E-state index contributed by atoms with van der Waals surface area (Å²) in [5.41, 5.74) is 3.74. The maximum atomic E-state index is 13.1. The monoisotopic (exact) mass is 455 g/mol. The summed E-state index contributed by atoms with van der Waals surface area (Å²) < 4.78 is 39.0. The van der Waals surface area contributed by atoms with Crippen molar-refractivity contribution in [2.24, 2.45) is 0 Å². The Morgan fingerprint density at radius 3 is 2.41 bits per heavy atom. The number of hydrogen-bond acceptors (Lipinski definition) is 6. The zero-order valence-corrected chi connectivity index (χ0v) is 19.8. The summed E-state index contributed by atoms with van der Waals surface area (Å²) in [5, 5.41) is 0. The molecule has 0 N–H and O–H groups in total. The number of rotatable bonds is 6. The first-order valence-corrected chi connectivity index (χ1v) is 12.1. The van der Waals surface area contributed by atoms with E-state index < -0.39 is 10.0 Å². The van der Waals surface area contributed by atoms with Gasteiger partial charge in [0.2, 0.25) is 15.9 Å². The molecule has 32 heavy (non-hydrogen) atoms. The number of hydrogen-bond donors (Lipinski definition) is 0. The van der Waals surface area contributed by atoms with Crippen LogP contribution in [0.2, 0.25) is 0 Å². The molecule has 8 heteroatoms. The molecule has 0 unspecified atom stereocenters. The minimum Gasteiger partial charge on any atom is -0.496 e. The lowest BCUT2D eigenvalue weighted by Gasteiger charge is -2.33. The molecule has 0 atom stereocenters. The van der Waals surface area contributed by atoms with Crippen LogP contribution in [0, 0.1) is 20.8 Å². The fourth-order valence-corrected chi connectivity index (χ4v) is 5.38. The highest BCUT2D eigenvalue weighted by atomic mass is 32.2. The molecular formula is C24H29N3O4S. The molecule has 1 aliphatic heterocycles. The van der Waals surface area contributed by atoms with E-state index in [-0.39, 0.29) is 0 Å². The van der Waals surface area contributed by atoms with Gasteiger partial charge in [0.25, 0.3) is 0 Å². The number of piperazine rings is 1. The second-order valence-corrected chi connectivity index (χ2v) is 10.1. The maximum absolute atomic E-state index is 13.1. The van der Waals surface area contributed by atoms with Crippen molar-refractivity contribution in [1.82, 2.24) is 14.2 Å². The number of para-hydroxylation sites is 1. The van der Waals surface area contributed by atoms with Gasteiger partial charge >= 0.3 is 0 Å². The number of aryl methyl sites for hydroxylation is 3. The van der Waals surface area contributed by atoms with Crippen molar-refractivity contribution in [3.63, 3.8) is 0 Å². The summed E-state index contributed by atoms with van der Waals surface area (Å²) in [6.45, 7) is 8.61. The van der Waals surface area contributed by atoms with E-state index in [4.69, 9.17) is 14.1 Å². The topological polar surface area (TPSA) is 75.9 Å². The van der Waals surface area contributed by atoms with E-state index in [1.807, 2.05) is 51.1 Å². The van der Waals surface area contributed by atoms with E-state index in [0.29, 0.717) is 49.3 Å². The first-order valence-electron chi connectivity index (χ1n) is 10.7. The van der Waals surface area contributed by atoms with Gasteiger partial charge in [-0.05, 0) is 56.2 Å². The Kier molecular flexibility index (Phi) is 6.37. The largest absolute Gasteiger partial charge is 0.496 e. The summed E-state index contributed by atoms with van der Waals surface area (Å²) in [4.78, 5) is 7.27. The molecule has 170 valence electrons. The van der Waals surface area contributed by atoms with E-state index in [0.717, 1.165) is 28.1 Å². The number of sulfonamides is 1. The van der Waals surface area contributed by atoms with Gasteiger partial charge in [-0.3, -0.25) is 4.90 Å². The molecule has 2 heterocycles. The molecule has 7 nitrogen and oxygen atoms in total. The highest BCUT2D eigenvalue weighted by Gasteiger charge is 2.29. The molecule has 0 spiro atoms. The zero-order valence-electron chi connectivity index (χ0n) is 19.0. The van der Waals surface area contributed by atoms with Gasteiger partial charge in [-0.15, -0.1) is 0 Å². The van der Waals surface area contributed by atoms with Crippen LogP contribution in [0.25, 0.3) is 11.5 Å². The molecule has 0 amide bonds. The van der Waals surface area contributed by atoms with Crippen molar-refractivity contribution < 1.29 is 17.6 Å². The number of ether oxygens (including phenoxy) is 1. The SMILES string of the molecule is COc1ccccc1-c1nc(CN2CCN(S(=O)(=O)c3ccc(C)c(C)c3)CC2)c(C)o1. The van der Waals surface area contributed by atoms with Crippen molar-refractivity contribution in [3.05, 3.63) is 65.0 Å². The Morgan fingerprint density at radius 2 is 1.72 bits per heavy atom. The summed E-state index contributed by atoms with van der Waals surface area (Å²) in [6, 6.07) is 13.0. The van der Waals surface area contributed by atoms with Crippen LogP contribution in [0.15, 0.2) is 51.8 Å². The molecule has 0 aliphatic carbocycles. The van der Waals surface area contributed by atoms with Crippen LogP contribution in [0.1, 0.15) is 22.6 Å². The van der Waals surface area contributed by atoms with Gasteiger partial charge in [-0.1, -0.05) is 18.2 Å². The number of aromatic nitrogens is 1. The average Bonchev–Trinajstić information content (AvgIpc) is 3.15. The normalized spacial score (nSPS) is 15.8. The average molecular weight is 456 g/mol. The summed E-state index contributed by atoms with van der Waals surface area (Å²) in [6.07, 6.45) is 0. The predicted molar refractivity (Wildman–Crippen MR) is 123 cm³/mol. The second-order valence-electron chi connectivity index (χ2n) is 8.15. The van der Waals surface area contributed by atoms with Gasteiger partial charge in [-0.2, -0.15) is 4.31 Å². The van der Waals surface area contributed by atoms with Gasteiger partial charge in [0.15, 0.2) is 0 Å². The van der Waals surface area contributed by atoms with Crippen LogP contribution in [-0.4, -0.2) is 55.9 Å². The van der Waals surface area contributed by atoms with Crippen LogP contribution >= 0.6 is 0 Å². The zero-order chi connectivity index (χ0) is 22.9. The van der Waals surface area contributed by atoms with Crippen molar-refractivity contribution >= 4 is 10.0 Å². The smallest absolute Gasteiger partial charge is 0.243 e. The lowest BCUT2D eigenvalue weighted by atomic mass is 10.1. The fourth-order valence-electron chi connectivity index (χ4n) is 3.87. The maximum Gasteiger partial charge on any atom is 0.243 e. The first kappa shape index (κ1) is 22.5. The highest BCUT2D eigenvalue weighted by molar-refractivity contribution is 7.89. The molecule has 2 aromatic carbocycles. The van der Waals surface area contributed by atoms with Crippen LogP contribution < -0.4 is 4.74 Å². The van der Waals surface area contributed by atoms with Crippen molar-refractivity contribution in [1.29, 1.82) is 0 Å². The first-order chi connectivity index (χ1) is 15.3. The number of methoxy groups -OCH3 is 1. The minimum absolute atomic E-state index is 0.364. The molecule has 0 bridgehead atoms. The van der Waals surface area contributed by atoms with Crippen LogP contribution in [-0.2, 0) is 16.6 Å². The van der Waals surface area contributed by atoms with Gasteiger partial charge < -0.3 is 9.15 Å². The Bertz CT molecular complexity index is 1210. The van der Waals surface area contributed by atoms with Gasteiger partial charge in [0.05, 0.1) is 23.3 Å². The number of benzene rings is 2. The number of oxazole rings is 1. The van der Waals surface area contributed by atoms with Crippen LogP contribution in [0.3, 0.4) is 0 Å². The van der Waals surface area contributed by atoms with E-state index in [1.54, 1.807) is 23.5 Å². The molecule has 1 aliphatic rings.